The van der Waals surface area contributed by atoms with Gasteiger partial charge in [-0.1, -0.05) is 78.0 Å². The SMILES string of the molecule is O=C(OC[C@H]1O[C@@H](Oc2ccc(/C=N\O)cc2)[C@H](OC(=O)c2ccccc2)[C@H](OC(=O)c2ccccc2)[C@@H]1OC(=O)c1ccccc1)c1ccccc1. The summed E-state index contributed by atoms with van der Waals surface area (Å²) < 4.78 is 36.4. The molecule has 12 heteroatoms. The van der Waals surface area contributed by atoms with E-state index < -0.39 is 61.2 Å². The number of carbonyl (C=O) groups excluding carboxylic acids is 4. The first-order valence-electron chi connectivity index (χ1n) is 16.5. The number of ether oxygens (including phenoxy) is 6. The molecule has 1 N–H and O–H groups in total. The molecular weight excluding hydrogens is 682 g/mol. The summed E-state index contributed by atoms with van der Waals surface area (Å²) in [4.78, 5) is 54.1. The lowest BCUT2D eigenvalue weighted by atomic mass is 9.97. The lowest BCUT2D eigenvalue weighted by Crippen LogP contribution is -2.63. The van der Waals surface area contributed by atoms with Crippen molar-refractivity contribution in [2.75, 3.05) is 6.61 Å². The van der Waals surface area contributed by atoms with Gasteiger partial charge < -0.3 is 33.6 Å². The molecule has 6 rings (SSSR count). The number of esters is 4. The standard InChI is InChI=1S/C41H33NO11/c43-37(28-13-5-1-6-14-28)48-26-33-34(51-38(44)29-15-7-2-8-16-29)35(52-39(45)30-17-9-3-10-18-30)36(53-40(46)31-19-11-4-12-20-31)41(50-33)49-32-23-21-27(22-24-32)25-42-47/h1-25,33-36,41,47H,26H2/b42-25-/t33-,34-,35-,36-,41-/m1/s1. The van der Waals surface area contributed by atoms with Crippen LogP contribution in [0.2, 0.25) is 0 Å². The molecule has 0 amide bonds. The Morgan fingerprint density at radius 3 is 1.42 bits per heavy atom. The van der Waals surface area contributed by atoms with Gasteiger partial charge in [0, 0.05) is 0 Å². The topological polar surface area (TPSA) is 156 Å². The second kappa shape index (κ2) is 17.4. The van der Waals surface area contributed by atoms with E-state index in [0.29, 0.717) is 5.56 Å². The van der Waals surface area contributed by atoms with E-state index in [-0.39, 0.29) is 28.0 Å². The number of nitrogens with zero attached hydrogens (tertiary/aromatic N) is 1. The van der Waals surface area contributed by atoms with Crippen molar-refractivity contribution in [3.63, 3.8) is 0 Å². The zero-order valence-electron chi connectivity index (χ0n) is 28.0. The number of oxime groups is 1. The van der Waals surface area contributed by atoms with E-state index in [1.54, 1.807) is 109 Å². The van der Waals surface area contributed by atoms with Gasteiger partial charge in [-0.05, 0) is 78.4 Å². The molecule has 5 aromatic carbocycles. The quantitative estimate of drug-likeness (QED) is 0.0521. The van der Waals surface area contributed by atoms with Crippen molar-refractivity contribution in [2.24, 2.45) is 5.16 Å². The van der Waals surface area contributed by atoms with Crippen molar-refractivity contribution < 1.29 is 52.8 Å². The summed E-state index contributed by atoms with van der Waals surface area (Å²) in [5.41, 5.74) is 1.30. The van der Waals surface area contributed by atoms with E-state index in [2.05, 4.69) is 5.16 Å². The van der Waals surface area contributed by atoms with Crippen LogP contribution in [-0.2, 0) is 23.7 Å². The Morgan fingerprint density at radius 2 is 0.962 bits per heavy atom. The monoisotopic (exact) mass is 715 g/mol. The van der Waals surface area contributed by atoms with E-state index in [4.69, 9.17) is 33.6 Å². The van der Waals surface area contributed by atoms with Gasteiger partial charge >= 0.3 is 23.9 Å². The fourth-order valence-corrected chi connectivity index (χ4v) is 5.46. The minimum Gasteiger partial charge on any atom is -0.461 e. The van der Waals surface area contributed by atoms with Crippen LogP contribution < -0.4 is 4.74 Å². The lowest BCUT2D eigenvalue weighted by Gasteiger charge is -2.44. The average Bonchev–Trinajstić information content (AvgIpc) is 3.21. The van der Waals surface area contributed by atoms with Gasteiger partial charge in [-0.15, -0.1) is 0 Å². The summed E-state index contributed by atoms with van der Waals surface area (Å²) in [6.07, 6.45) is -6.24. The van der Waals surface area contributed by atoms with Crippen LogP contribution in [0.1, 0.15) is 47.0 Å². The third-order valence-corrected chi connectivity index (χ3v) is 8.08. The van der Waals surface area contributed by atoms with Crippen LogP contribution in [0.5, 0.6) is 5.75 Å². The highest BCUT2D eigenvalue weighted by molar-refractivity contribution is 5.91. The Labute approximate surface area is 304 Å². The van der Waals surface area contributed by atoms with E-state index in [1.807, 2.05) is 0 Å². The molecule has 0 radical (unpaired) electrons. The van der Waals surface area contributed by atoms with Gasteiger partial charge in [-0.3, -0.25) is 0 Å². The largest absolute Gasteiger partial charge is 0.461 e. The molecular formula is C41H33NO11. The van der Waals surface area contributed by atoms with Crippen molar-refractivity contribution in [3.8, 4) is 5.75 Å². The zero-order chi connectivity index (χ0) is 37.0. The smallest absolute Gasteiger partial charge is 0.338 e. The van der Waals surface area contributed by atoms with Crippen LogP contribution >= 0.6 is 0 Å². The van der Waals surface area contributed by atoms with Gasteiger partial charge in [0.05, 0.1) is 28.5 Å². The highest BCUT2D eigenvalue weighted by Gasteiger charge is 2.54. The van der Waals surface area contributed by atoms with Crippen LogP contribution in [0.15, 0.2) is 151 Å². The molecule has 1 aliphatic rings. The molecule has 0 saturated carbocycles. The number of carbonyl (C=O) groups is 4. The molecule has 268 valence electrons. The minimum absolute atomic E-state index is 0.158. The molecule has 5 atom stereocenters. The Hall–Kier alpha value is -6.79. The van der Waals surface area contributed by atoms with Gasteiger partial charge in [-0.25, -0.2) is 19.2 Å². The van der Waals surface area contributed by atoms with Gasteiger partial charge in [-0.2, -0.15) is 0 Å². The van der Waals surface area contributed by atoms with Crippen molar-refractivity contribution >= 4 is 30.1 Å². The summed E-state index contributed by atoms with van der Waals surface area (Å²) >= 11 is 0. The van der Waals surface area contributed by atoms with Crippen LogP contribution in [0.3, 0.4) is 0 Å². The molecule has 0 aromatic heterocycles. The Kier molecular flexibility index (Phi) is 11.8. The summed E-state index contributed by atoms with van der Waals surface area (Å²) in [6.45, 7) is -0.495. The molecule has 0 bridgehead atoms. The highest BCUT2D eigenvalue weighted by atomic mass is 16.7. The fourth-order valence-electron chi connectivity index (χ4n) is 5.46. The minimum atomic E-state index is -1.57. The second-order valence-corrected chi connectivity index (χ2v) is 11.6. The summed E-state index contributed by atoms with van der Waals surface area (Å²) in [7, 11) is 0. The maximum absolute atomic E-state index is 13.7. The van der Waals surface area contributed by atoms with Crippen LogP contribution in [0.25, 0.3) is 0 Å². The molecule has 1 saturated heterocycles. The van der Waals surface area contributed by atoms with Crippen molar-refractivity contribution in [1.82, 2.24) is 0 Å². The molecule has 1 aliphatic heterocycles. The van der Waals surface area contributed by atoms with E-state index in [0.717, 1.165) is 0 Å². The fraction of sp³-hybridized carbons (Fsp3) is 0.146. The predicted molar refractivity (Wildman–Crippen MR) is 189 cm³/mol. The maximum Gasteiger partial charge on any atom is 0.338 e. The Bertz CT molecular complexity index is 2010. The maximum atomic E-state index is 13.7. The van der Waals surface area contributed by atoms with Crippen molar-refractivity contribution in [1.29, 1.82) is 0 Å². The zero-order valence-corrected chi connectivity index (χ0v) is 28.0. The molecule has 1 heterocycles. The van der Waals surface area contributed by atoms with E-state index >= 15 is 0 Å². The molecule has 0 spiro atoms. The first-order chi connectivity index (χ1) is 25.9. The van der Waals surface area contributed by atoms with E-state index in [1.165, 1.54) is 42.6 Å². The summed E-state index contributed by atoms with van der Waals surface area (Å²) in [5.74, 6) is -2.93. The lowest BCUT2D eigenvalue weighted by molar-refractivity contribution is -0.275. The summed E-state index contributed by atoms with van der Waals surface area (Å²) in [6, 6.07) is 38.7. The first-order valence-corrected chi connectivity index (χ1v) is 16.5. The van der Waals surface area contributed by atoms with E-state index in [9.17, 15) is 19.2 Å². The average molecular weight is 716 g/mol. The Morgan fingerprint density at radius 1 is 0.547 bits per heavy atom. The summed E-state index contributed by atoms with van der Waals surface area (Å²) in [5, 5.41) is 12.0. The molecule has 0 aliphatic carbocycles. The van der Waals surface area contributed by atoms with Crippen LogP contribution in [0.4, 0.5) is 0 Å². The normalized spacial score (nSPS) is 19.4. The van der Waals surface area contributed by atoms with Gasteiger partial charge in [0.1, 0.15) is 18.5 Å². The van der Waals surface area contributed by atoms with Gasteiger partial charge in [0.25, 0.3) is 0 Å². The number of hydrogen-bond donors (Lipinski definition) is 1. The number of hydrogen-bond acceptors (Lipinski definition) is 12. The molecule has 12 nitrogen and oxygen atoms in total. The number of rotatable bonds is 12. The third kappa shape index (κ3) is 9.31. The van der Waals surface area contributed by atoms with Crippen LogP contribution in [0, 0.1) is 0 Å². The van der Waals surface area contributed by atoms with Crippen LogP contribution in [-0.4, -0.2) is 72.6 Å². The van der Waals surface area contributed by atoms with Crippen molar-refractivity contribution in [3.05, 3.63) is 173 Å². The highest BCUT2D eigenvalue weighted by Crippen LogP contribution is 2.32. The predicted octanol–water partition coefficient (Wildman–Crippen LogP) is 6.13. The first kappa shape index (κ1) is 36.0. The molecule has 0 unspecified atom stereocenters. The second-order valence-electron chi connectivity index (χ2n) is 11.6. The molecule has 5 aromatic rings. The Balaban J connectivity index is 1.42. The third-order valence-electron chi connectivity index (χ3n) is 8.08. The van der Waals surface area contributed by atoms with Gasteiger partial charge in [0.15, 0.2) is 12.2 Å². The molecule has 1 fully saturated rings. The number of benzene rings is 5. The van der Waals surface area contributed by atoms with Gasteiger partial charge in [0.2, 0.25) is 12.4 Å². The molecule has 53 heavy (non-hydrogen) atoms. The van der Waals surface area contributed by atoms with Crippen molar-refractivity contribution in [2.45, 2.75) is 30.7 Å².